The van der Waals surface area contributed by atoms with Gasteiger partial charge in [-0.15, -0.1) is 0 Å². The Hall–Kier alpha value is -1.85. The number of aromatic nitrogens is 1. The van der Waals surface area contributed by atoms with E-state index in [9.17, 15) is 9.90 Å². The Labute approximate surface area is 141 Å². The zero-order valence-corrected chi connectivity index (χ0v) is 14.2. The molecule has 0 amide bonds. The molecule has 1 aromatic heterocycles. The van der Waals surface area contributed by atoms with Crippen molar-refractivity contribution >= 4 is 16.9 Å². The number of piperidine rings is 1. The van der Waals surface area contributed by atoms with Crippen molar-refractivity contribution in [3.8, 4) is 0 Å². The number of benzene rings is 1. The average Bonchev–Trinajstić information content (AvgIpc) is 2.98. The number of carbonyl (C=O) groups is 1. The van der Waals surface area contributed by atoms with Crippen LogP contribution in [0, 0.1) is 11.8 Å². The van der Waals surface area contributed by atoms with Gasteiger partial charge >= 0.3 is 5.97 Å². The molecule has 3 heterocycles. The normalized spacial score (nSPS) is 28.2. The molecule has 5 nitrogen and oxygen atoms in total. The van der Waals surface area contributed by atoms with Crippen molar-refractivity contribution in [1.82, 2.24) is 9.88 Å². The summed E-state index contributed by atoms with van der Waals surface area (Å²) >= 11 is 0. The van der Waals surface area contributed by atoms with Crippen LogP contribution >= 0.6 is 0 Å². The van der Waals surface area contributed by atoms with E-state index >= 15 is 0 Å². The number of nitrogens with one attached hydrogen (secondary N) is 1. The molecule has 24 heavy (non-hydrogen) atoms. The molecule has 2 aromatic rings. The van der Waals surface area contributed by atoms with Crippen LogP contribution in [0.4, 0.5) is 0 Å². The SMILES string of the molecule is COC(=O)[C@H]1C[C@@H]([C@H](C)O)CN2CCc3c([nH]c4ccccc34)[C@@H]12. The first kappa shape index (κ1) is 15.7. The maximum Gasteiger partial charge on any atom is 0.310 e. The number of methoxy groups -OCH3 is 1. The molecule has 4 atom stereocenters. The van der Waals surface area contributed by atoms with Crippen LogP contribution in [0.25, 0.3) is 10.9 Å². The van der Waals surface area contributed by atoms with Gasteiger partial charge in [0.05, 0.1) is 25.2 Å². The Morgan fingerprint density at radius 2 is 2.21 bits per heavy atom. The second-order valence-corrected chi connectivity index (χ2v) is 7.12. The van der Waals surface area contributed by atoms with Gasteiger partial charge in [0.25, 0.3) is 0 Å². The summed E-state index contributed by atoms with van der Waals surface area (Å²) < 4.78 is 5.09. The van der Waals surface area contributed by atoms with Gasteiger partial charge in [-0.25, -0.2) is 0 Å². The fourth-order valence-corrected chi connectivity index (χ4v) is 4.54. The number of para-hydroxylation sites is 1. The third-order valence-corrected chi connectivity index (χ3v) is 5.78. The maximum absolute atomic E-state index is 12.5. The molecule has 5 heteroatoms. The predicted molar refractivity (Wildman–Crippen MR) is 91.6 cm³/mol. The van der Waals surface area contributed by atoms with Gasteiger partial charge in [0, 0.05) is 29.7 Å². The lowest BCUT2D eigenvalue weighted by Gasteiger charge is -2.46. The lowest BCUT2D eigenvalue weighted by molar-refractivity contribution is -0.152. The Bertz CT molecular complexity index is 767. The van der Waals surface area contributed by atoms with E-state index < -0.39 is 6.10 Å². The topological polar surface area (TPSA) is 65.6 Å². The molecular formula is C19H24N2O3. The van der Waals surface area contributed by atoms with Crippen LogP contribution < -0.4 is 0 Å². The number of aromatic amines is 1. The molecule has 0 radical (unpaired) electrons. The van der Waals surface area contributed by atoms with Crippen LogP contribution in [-0.2, 0) is 16.0 Å². The largest absolute Gasteiger partial charge is 0.469 e. The second-order valence-electron chi connectivity index (χ2n) is 7.12. The van der Waals surface area contributed by atoms with Crippen LogP contribution in [0.5, 0.6) is 0 Å². The Balaban J connectivity index is 1.80. The highest BCUT2D eigenvalue weighted by molar-refractivity contribution is 5.85. The summed E-state index contributed by atoms with van der Waals surface area (Å²) in [6.45, 7) is 3.55. The molecule has 0 aliphatic carbocycles. The van der Waals surface area contributed by atoms with Gasteiger partial charge in [0.15, 0.2) is 0 Å². The number of fused-ring (bicyclic) bond motifs is 5. The number of aliphatic hydroxyl groups excluding tert-OH is 1. The standard InChI is InChI=1S/C19H24N2O3/c1-11(22)12-9-15(19(23)24-2)18-17-14(7-8-21(18)10-12)13-5-3-4-6-16(13)20-17/h3-6,11-12,15,18,20,22H,7-10H2,1-2H3/t11-,12+,15-,18+/m0/s1. The maximum atomic E-state index is 12.5. The average molecular weight is 328 g/mol. The first-order chi connectivity index (χ1) is 11.6. The fraction of sp³-hybridized carbons (Fsp3) is 0.526. The first-order valence-corrected chi connectivity index (χ1v) is 8.69. The van der Waals surface area contributed by atoms with Gasteiger partial charge in [-0.05, 0) is 37.3 Å². The van der Waals surface area contributed by atoms with E-state index in [-0.39, 0.29) is 23.8 Å². The Morgan fingerprint density at radius 1 is 1.42 bits per heavy atom. The van der Waals surface area contributed by atoms with Crippen molar-refractivity contribution in [3.63, 3.8) is 0 Å². The molecule has 2 aliphatic heterocycles. The summed E-state index contributed by atoms with van der Waals surface area (Å²) in [5.41, 5.74) is 3.61. The van der Waals surface area contributed by atoms with E-state index in [0.29, 0.717) is 6.42 Å². The lowest BCUT2D eigenvalue weighted by atomic mass is 9.77. The third-order valence-electron chi connectivity index (χ3n) is 5.78. The van der Waals surface area contributed by atoms with Crippen LogP contribution in [-0.4, -0.2) is 47.3 Å². The predicted octanol–water partition coefficient (Wildman–Crippen LogP) is 2.26. The fourth-order valence-electron chi connectivity index (χ4n) is 4.54. The van der Waals surface area contributed by atoms with Gasteiger partial charge in [-0.1, -0.05) is 18.2 Å². The number of rotatable bonds is 2. The summed E-state index contributed by atoms with van der Waals surface area (Å²) in [7, 11) is 1.45. The summed E-state index contributed by atoms with van der Waals surface area (Å²) in [4.78, 5) is 18.4. The van der Waals surface area contributed by atoms with E-state index in [1.807, 2.05) is 13.0 Å². The van der Waals surface area contributed by atoms with Gasteiger partial charge in [-0.3, -0.25) is 9.69 Å². The number of H-pyrrole nitrogens is 1. The van der Waals surface area contributed by atoms with E-state index in [2.05, 4.69) is 28.1 Å². The molecule has 128 valence electrons. The zero-order valence-electron chi connectivity index (χ0n) is 14.2. The van der Waals surface area contributed by atoms with Crippen molar-refractivity contribution in [2.24, 2.45) is 11.8 Å². The quantitative estimate of drug-likeness (QED) is 0.830. The molecule has 2 N–H and O–H groups in total. The lowest BCUT2D eigenvalue weighted by Crippen LogP contribution is -2.51. The highest BCUT2D eigenvalue weighted by Gasteiger charge is 2.45. The van der Waals surface area contributed by atoms with Crippen molar-refractivity contribution in [1.29, 1.82) is 0 Å². The second kappa shape index (κ2) is 5.90. The minimum atomic E-state index is -0.415. The van der Waals surface area contributed by atoms with Crippen LogP contribution in [0.2, 0.25) is 0 Å². The third kappa shape index (κ3) is 2.34. The smallest absolute Gasteiger partial charge is 0.310 e. The van der Waals surface area contributed by atoms with Gasteiger partial charge in [0.2, 0.25) is 0 Å². The number of ether oxygens (including phenoxy) is 1. The van der Waals surface area contributed by atoms with Crippen LogP contribution in [0.15, 0.2) is 24.3 Å². The monoisotopic (exact) mass is 328 g/mol. The van der Waals surface area contributed by atoms with Crippen molar-refractivity contribution < 1.29 is 14.6 Å². The zero-order chi connectivity index (χ0) is 16.8. The number of carbonyl (C=O) groups excluding carboxylic acids is 1. The summed E-state index contributed by atoms with van der Waals surface area (Å²) in [5.74, 6) is -0.311. The van der Waals surface area contributed by atoms with Crippen molar-refractivity contribution in [2.45, 2.75) is 31.9 Å². The molecule has 2 aliphatic rings. The number of aliphatic hydroxyl groups is 1. The number of hydrogen-bond donors (Lipinski definition) is 2. The molecular weight excluding hydrogens is 304 g/mol. The molecule has 0 bridgehead atoms. The molecule has 4 rings (SSSR count). The van der Waals surface area contributed by atoms with Crippen LogP contribution in [0.3, 0.4) is 0 Å². The Kier molecular flexibility index (Phi) is 3.85. The number of hydrogen-bond acceptors (Lipinski definition) is 4. The molecule has 1 saturated heterocycles. The summed E-state index contributed by atoms with van der Waals surface area (Å²) in [6.07, 6.45) is 1.22. The van der Waals surface area contributed by atoms with E-state index in [4.69, 9.17) is 4.74 Å². The molecule has 1 fully saturated rings. The number of nitrogens with zero attached hydrogens (tertiary/aromatic N) is 1. The highest BCUT2D eigenvalue weighted by atomic mass is 16.5. The molecule has 0 unspecified atom stereocenters. The van der Waals surface area contributed by atoms with Crippen molar-refractivity contribution in [2.75, 3.05) is 20.2 Å². The van der Waals surface area contributed by atoms with Crippen molar-refractivity contribution in [3.05, 3.63) is 35.5 Å². The van der Waals surface area contributed by atoms with Gasteiger partial charge in [0.1, 0.15) is 0 Å². The minimum Gasteiger partial charge on any atom is -0.469 e. The molecule has 0 saturated carbocycles. The van der Waals surface area contributed by atoms with Gasteiger partial charge in [-0.2, -0.15) is 0 Å². The highest BCUT2D eigenvalue weighted by Crippen LogP contribution is 2.44. The van der Waals surface area contributed by atoms with E-state index in [1.165, 1.54) is 18.1 Å². The Morgan fingerprint density at radius 3 is 2.96 bits per heavy atom. The van der Waals surface area contributed by atoms with Crippen LogP contribution in [0.1, 0.15) is 30.6 Å². The van der Waals surface area contributed by atoms with E-state index in [0.717, 1.165) is 30.7 Å². The minimum absolute atomic E-state index is 0.0172. The first-order valence-electron chi connectivity index (χ1n) is 8.69. The van der Waals surface area contributed by atoms with Gasteiger partial charge < -0.3 is 14.8 Å². The molecule has 0 spiro atoms. The number of esters is 1. The summed E-state index contributed by atoms with van der Waals surface area (Å²) in [6, 6.07) is 8.35. The summed E-state index contributed by atoms with van der Waals surface area (Å²) in [5, 5.41) is 11.3. The van der Waals surface area contributed by atoms with E-state index in [1.54, 1.807) is 0 Å². The molecule has 1 aromatic carbocycles.